The third-order valence-corrected chi connectivity index (χ3v) is 4.63. The van der Waals surface area contributed by atoms with E-state index < -0.39 is 0 Å². The summed E-state index contributed by atoms with van der Waals surface area (Å²) in [5.74, 6) is 0.757. The van der Waals surface area contributed by atoms with Gasteiger partial charge in [-0.2, -0.15) is 0 Å². The normalized spacial score (nSPS) is 29.0. The van der Waals surface area contributed by atoms with Crippen LogP contribution in [0.3, 0.4) is 0 Å². The summed E-state index contributed by atoms with van der Waals surface area (Å²) >= 11 is 0. The topological polar surface area (TPSA) is 32.5 Å². The maximum atomic E-state index is 5.97. The lowest BCUT2D eigenvalue weighted by Gasteiger charge is -2.33. The average Bonchev–Trinajstić information content (AvgIpc) is 2.86. The molecule has 2 rings (SSSR count). The number of likely N-dealkylation sites (tertiary alicyclic amines) is 2. The molecule has 2 fully saturated rings. The zero-order valence-corrected chi connectivity index (χ0v) is 12.3. The second-order valence-electron chi connectivity index (χ2n) is 6.55. The number of hydrogen-bond acceptors (Lipinski definition) is 3. The molecule has 2 unspecified atom stereocenters. The fourth-order valence-electron chi connectivity index (χ4n) is 3.62. The van der Waals surface area contributed by atoms with Crippen LogP contribution in [0.4, 0.5) is 0 Å². The molecule has 106 valence electrons. The molecule has 18 heavy (non-hydrogen) atoms. The summed E-state index contributed by atoms with van der Waals surface area (Å²) in [6.45, 7) is 10.6. The van der Waals surface area contributed by atoms with Crippen LogP contribution in [0.25, 0.3) is 0 Å². The van der Waals surface area contributed by atoms with Crippen LogP contribution in [0.5, 0.6) is 0 Å². The van der Waals surface area contributed by atoms with Crippen LogP contribution in [-0.2, 0) is 0 Å². The molecule has 2 heterocycles. The largest absolute Gasteiger partial charge is 0.329 e. The van der Waals surface area contributed by atoms with Gasteiger partial charge in [0.1, 0.15) is 0 Å². The highest BCUT2D eigenvalue weighted by Gasteiger charge is 2.31. The summed E-state index contributed by atoms with van der Waals surface area (Å²) in [6, 6.07) is 1.42. The van der Waals surface area contributed by atoms with Crippen molar-refractivity contribution in [2.24, 2.45) is 11.7 Å². The fourth-order valence-corrected chi connectivity index (χ4v) is 3.62. The van der Waals surface area contributed by atoms with Crippen LogP contribution in [0, 0.1) is 5.92 Å². The lowest BCUT2D eigenvalue weighted by Crippen LogP contribution is -2.44. The Bertz CT molecular complexity index is 236. The summed E-state index contributed by atoms with van der Waals surface area (Å²) in [5.41, 5.74) is 5.97. The van der Waals surface area contributed by atoms with Gasteiger partial charge in [-0.05, 0) is 44.7 Å². The Hall–Kier alpha value is -0.120. The molecule has 0 aromatic rings. The lowest BCUT2D eigenvalue weighted by atomic mass is 10.0. The van der Waals surface area contributed by atoms with E-state index in [2.05, 4.69) is 23.6 Å². The van der Waals surface area contributed by atoms with Crippen molar-refractivity contribution in [2.45, 2.75) is 58.0 Å². The summed E-state index contributed by atoms with van der Waals surface area (Å²) in [7, 11) is 0. The Morgan fingerprint density at radius 3 is 2.44 bits per heavy atom. The van der Waals surface area contributed by atoms with Crippen molar-refractivity contribution in [1.29, 1.82) is 0 Å². The first-order chi connectivity index (χ1) is 8.70. The van der Waals surface area contributed by atoms with Gasteiger partial charge in [-0.1, -0.05) is 20.3 Å². The average molecular weight is 253 g/mol. The second kappa shape index (κ2) is 6.88. The van der Waals surface area contributed by atoms with Gasteiger partial charge in [0.25, 0.3) is 0 Å². The Morgan fingerprint density at radius 1 is 1.11 bits per heavy atom. The van der Waals surface area contributed by atoms with E-state index in [1.54, 1.807) is 0 Å². The Kier molecular flexibility index (Phi) is 5.46. The van der Waals surface area contributed by atoms with Gasteiger partial charge in [-0.25, -0.2) is 0 Å². The fraction of sp³-hybridized carbons (Fsp3) is 1.00. The van der Waals surface area contributed by atoms with Gasteiger partial charge in [-0.15, -0.1) is 0 Å². The molecule has 0 aromatic carbocycles. The van der Waals surface area contributed by atoms with Crippen molar-refractivity contribution in [3.8, 4) is 0 Å². The summed E-state index contributed by atoms with van der Waals surface area (Å²) in [4.78, 5) is 5.38. The molecular weight excluding hydrogens is 222 g/mol. The first-order valence-corrected chi connectivity index (χ1v) is 7.89. The van der Waals surface area contributed by atoms with E-state index in [1.807, 2.05) is 0 Å². The second-order valence-corrected chi connectivity index (χ2v) is 6.55. The number of nitrogens with two attached hydrogens (primary N) is 1. The number of hydrogen-bond donors (Lipinski definition) is 1. The maximum Gasteiger partial charge on any atom is 0.0235 e. The predicted octanol–water partition coefficient (Wildman–Crippen LogP) is 1.92. The van der Waals surface area contributed by atoms with Gasteiger partial charge >= 0.3 is 0 Å². The van der Waals surface area contributed by atoms with E-state index in [-0.39, 0.29) is 0 Å². The zero-order valence-electron chi connectivity index (χ0n) is 12.3. The standard InChI is InChI=1S/C15H31N3/c1-13(2)10-15(11-16)18-9-6-14(12-18)17-7-4-3-5-8-17/h13-15H,3-12,16H2,1-2H3. The smallest absolute Gasteiger partial charge is 0.0235 e. The SMILES string of the molecule is CC(C)CC(CN)N1CCC(N2CCCCC2)C1. The summed E-state index contributed by atoms with van der Waals surface area (Å²) in [5, 5.41) is 0. The van der Waals surface area contributed by atoms with Crippen molar-refractivity contribution in [3.05, 3.63) is 0 Å². The van der Waals surface area contributed by atoms with E-state index in [0.29, 0.717) is 6.04 Å². The van der Waals surface area contributed by atoms with Crippen LogP contribution in [0.15, 0.2) is 0 Å². The van der Waals surface area contributed by atoms with Gasteiger partial charge in [0.05, 0.1) is 0 Å². The molecular formula is C15H31N3. The van der Waals surface area contributed by atoms with Gasteiger partial charge in [0, 0.05) is 31.7 Å². The molecule has 0 aliphatic carbocycles. The molecule has 0 amide bonds. The molecule has 0 bridgehead atoms. The van der Waals surface area contributed by atoms with Crippen LogP contribution in [-0.4, -0.2) is 54.6 Å². The predicted molar refractivity (Wildman–Crippen MR) is 77.7 cm³/mol. The maximum absolute atomic E-state index is 5.97. The number of piperidine rings is 1. The molecule has 2 atom stereocenters. The molecule has 0 spiro atoms. The highest BCUT2D eigenvalue weighted by Crippen LogP contribution is 2.23. The quantitative estimate of drug-likeness (QED) is 0.812. The Morgan fingerprint density at radius 2 is 1.83 bits per heavy atom. The van der Waals surface area contributed by atoms with Gasteiger partial charge in [-0.3, -0.25) is 9.80 Å². The first-order valence-electron chi connectivity index (χ1n) is 7.89. The summed E-state index contributed by atoms with van der Waals surface area (Å²) < 4.78 is 0. The van der Waals surface area contributed by atoms with Crippen LogP contribution in [0.1, 0.15) is 46.0 Å². The van der Waals surface area contributed by atoms with Crippen molar-refractivity contribution < 1.29 is 0 Å². The molecule has 2 saturated heterocycles. The molecule has 3 heteroatoms. The molecule has 2 aliphatic rings. The van der Waals surface area contributed by atoms with Crippen LogP contribution < -0.4 is 5.73 Å². The van der Waals surface area contributed by atoms with Gasteiger partial charge < -0.3 is 5.73 Å². The van der Waals surface area contributed by atoms with Gasteiger partial charge in [0.2, 0.25) is 0 Å². The van der Waals surface area contributed by atoms with E-state index in [9.17, 15) is 0 Å². The minimum Gasteiger partial charge on any atom is -0.329 e. The van der Waals surface area contributed by atoms with Crippen molar-refractivity contribution >= 4 is 0 Å². The molecule has 0 saturated carbocycles. The highest BCUT2D eigenvalue weighted by molar-refractivity contribution is 4.88. The Labute approximate surface area is 113 Å². The number of rotatable bonds is 5. The molecule has 0 aromatic heterocycles. The molecule has 2 N–H and O–H groups in total. The van der Waals surface area contributed by atoms with Crippen molar-refractivity contribution in [1.82, 2.24) is 9.80 Å². The zero-order chi connectivity index (χ0) is 13.0. The lowest BCUT2D eigenvalue weighted by molar-refractivity contribution is 0.147. The van der Waals surface area contributed by atoms with Crippen molar-refractivity contribution in [2.75, 3.05) is 32.7 Å². The summed E-state index contributed by atoms with van der Waals surface area (Å²) in [6.07, 6.45) is 6.86. The van der Waals surface area contributed by atoms with E-state index in [1.165, 1.54) is 58.3 Å². The Balaban J connectivity index is 1.82. The third kappa shape index (κ3) is 3.69. The molecule has 0 radical (unpaired) electrons. The third-order valence-electron chi connectivity index (χ3n) is 4.63. The van der Waals surface area contributed by atoms with E-state index in [4.69, 9.17) is 5.73 Å². The minimum absolute atomic E-state index is 0.611. The van der Waals surface area contributed by atoms with E-state index in [0.717, 1.165) is 18.5 Å². The minimum atomic E-state index is 0.611. The van der Waals surface area contributed by atoms with Crippen LogP contribution in [0.2, 0.25) is 0 Å². The molecule has 3 nitrogen and oxygen atoms in total. The monoisotopic (exact) mass is 253 g/mol. The van der Waals surface area contributed by atoms with Gasteiger partial charge in [0.15, 0.2) is 0 Å². The highest BCUT2D eigenvalue weighted by atomic mass is 15.3. The van der Waals surface area contributed by atoms with E-state index >= 15 is 0 Å². The van der Waals surface area contributed by atoms with Crippen LogP contribution >= 0.6 is 0 Å². The van der Waals surface area contributed by atoms with Crippen molar-refractivity contribution in [3.63, 3.8) is 0 Å². The first kappa shape index (κ1) is 14.3. The number of nitrogens with zero attached hydrogens (tertiary/aromatic N) is 2. The molecule has 2 aliphatic heterocycles.